The number of carbonyl (C=O) groups is 2. The zero-order valence-corrected chi connectivity index (χ0v) is 5.23. The van der Waals surface area contributed by atoms with Crippen LogP contribution in [0, 0.1) is 0 Å². The molecule has 3 nitrogen and oxygen atoms in total. The van der Waals surface area contributed by atoms with Gasteiger partial charge in [0.25, 0.3) is 0 Å². The second-order valence-corrected chi connectivity index (χ2v) is 0.870. The fraction of sp³-hybridized carbons (Fsp3) is 0.500. The lowest BCUT2D eigenvalue weighted by atomic mass is 10.7. The normalized spacial score (nSPS) is 6.62. The Labute approximate surface area is 53.4 Å². The monoisotopic (exact) mass is 138 g/mol. The Hall–Kier alpha value is -0.570. The third kappa shape index (κ3) is 5.43. The van der Waals surface area contributed by atoms with Crippen LogP contribution in [0.4, 0.5) is 0 Å². The number of rotatable bonds is 2. The minimum atomic E-state index is -0.803. The maximum Gasteiger partial charge on any atom is 0.371 e. The van der Waals surface area contributed by atoms with Gasteiger partial charge in [-0.2, -0.15) is 0 Å². The Kier molecular flexibility index (Phi) is 8.37. The van der Waals surface area contributed by atoms with E-state index < -0.39 is 5.97 Å². The van der Waals surface area contributed by atoms with E-state index in [9.17, 15) is 9.59 Å². The highest BCUT2D eigenvalue weighted by Crippen LogP contribution is 1.68. The van der Waals surface area contributed by atoms with E-state index in [1.165, 1.54) is 0 Å². The molecule has 0 bridgehead atoms. The zero-order valence-electron chi connectivity index (χ0n) is 4.42. The highest BCUT2D eigenvalue weighted by Gasteiger charge is 1.91. The molecule has 0 aliphatic carbocycles. The molecule has 0 aliphatic rings. The van der Waals surface area contributed by atoms with Gasteiger partial charge in [-0.15, -0.1) is 12.4 Å². The second-order valence-electron chi connectivity index (χ2n) is 0.870. The van der Waals surface area contributed by atoms with Crippen molar-refractivity contribution in [3.05, 3.63) is 0 Å². The van der Waals surface area contributed by atoms with Crippen LogP contribution in [0.15, 0.2) is 0 Å². The molecule has 0 spiro atoms. The summed E-state index contributed by atoms with van der Waals surface area (Å²) in [6, 6.07) is 0. The molecular formula is C4H7ClO3. The molecule has 0 aliphatic heterocycles. The maximum absolute atomic E-state index is 9.82. The lowest BCUT2D eigenvalue weighted by molar-refractivity contribution is -0.148. The van der Waals surface area contributed by atoms with Crippen molar-refractivity contribution in [2.75, 3.05) is 6.61 Å². The average Bonchev–Trinajstić information content (AvgIpc) is 1.68. The Balaban J connectivity index is 0. The van der Waals surface area contributed by atoms with Gasteiger partial charge in [0.2, 0.25) is 6.29 Å². The maximum atomic E-state index is 9.82. The molecule has 0 heterocycles. The van der Waals surface area contributed by atoms with Gasteiger partial charge in [-0.3, -0.25) is 4.79 Å². The highest BCUT2D eigenvalue weighted by atomic mass is 35.5. The number of hydrogen-bond donors (Lipinski definition) is 0. The van der Waals surface area contributed by atoms with Crippen LogP contribution in [0.5, 0.6) is 0 Å². The zero-order chi connectivity index (χ0) is 5.70. The van der Waals surface area contributed by atoms with Crippen LogP contribution in [0.2, 0.25) is 0 Å². The molecule has 48 valence electrons. The summed E-state index contributed by atoms with van der Waals surface area (Å²) in [5.41, 5.74) is 0. The van der Waals surface area contributed by atoms with Crippen LogP contribution >= 0.6 is 12.4 Å². The molecule has 0 aromatic heterocycles. The van der Waals surface area contributed by atoms with E-state index in [1.807, 2.05) is 0 Å². The number of ether oxygens (including phenoxy) is 1. The summed E-state index contributed by atoms with van der Waals surface area (Å²) >= 11 is 0. The summed E-state index contributed by atoms with van der Waals surface area (Å²) in [7, 11) is 0. The first-order chi connectivity index (χ1) is 3.31. The second kappa shape index (κ2) is 6.43. The third-order valence-corrected chi connectivity index (χ3v) is 0.383. The van der Waals surface area contributed by atoms with E-state index in [1.54, 1.807) is 6.92 Å². The Morgan fingerprint density at radius 1 is 1.75 bits per heavy atom. The van der Waals surface area contributed by atoms with Crippen LogP contribution in [-0.4, -0.2) is 18.9 Å². The number of aldehydes is 1. The first-order valence-electron chi connectivity index (χ1n) is 1.93. The van der Waals surface area contributed by atoms with Crippen molar-refractivity contribution in [2.24, 2.45) is 0 Å². The fourth-order valence-corrected chi connectivity index (χ4v) is 0.176. The predicted octanol–water partition coefficient (Wildman–Crippen LogP) is 0.170. The molecule has 0 N–H and O–H groups in total. The van der Waals surface area contributed by atoms with Gasteiger partial charge in [-0.1, -0.05) is 0 Å². The number of esters is 1. The molecule has 0 aromatic rings. The molecule has 0 atom stereocenters. The minimum absolute atomic E-state index is 0. The average molecular weight is 139 g/mol. The van der Waals surface area contributed by atoms with Crippen LogP contribution in [0.25, 0.3) is 0 Å². The quantitative estimate of drug-likeness (QED) is 0.310. The molecule has 0 saturated carbocycles. The van der Waals surface area contributed by atoms with E-state index in [0.29, 0.717) is 0 Å². The van der Waals surface area contributed by atoms with Crippen molar-refractivity contribution in [1.29, 1.82) is 0 Å². The van der Waals surface area contributed by atoms with Crippen LogP contribution in [0.3, 0.4) is 0 Å². The number of carbonyl (C=O) groups excluding carboxylic acids is 2. The summed E-state index contributed by atoms with van der Waals surface area (Å²) in [5, 5.41) is 0. The topological polar surface area (TPSA) is 43.4 Å². The smallest absolute Gasteiger partial charge is 0.371 e. The summed E-state index contributed by atoms with van der Waals surface area (Å²) in [4.78, 5) is 19.2. The van der Waals surface area contributed by atoms with E-state index in [4.69, 9.17) is 0 Å². The first kappa shape index (κ1) is 10.4. The molecule has 0 saturated heterocycles. The van der Waals surface area contributed by atoms with Crippen molar-refractivity contribution in [2.45, 2.75) is 6.92 Å². The lowest BCUT2D eigenvalue weighted by Gasteiger charge is -1.88. The van der Waals surface area contributed by atoms with E-state index in [-0.39, 0.29) is 25.3 Å². The van der Waals surface area contributed by atoms with E-state index in [0.717, 1.165) is 0 Å². The SMILES string of the molecule is CCOC(=O)C=O.Cl. The third-order valence-electron chi connectivity index (χ3n) is 0.383. The van der Waals surface area contributed by atoms with Gasteiger partial charge < -0.3 is 4.74 Å². The van der Waals surface area contributed by atoms with Crippen molar-refractivity contribution >= 4 is 24.7 Å². The molecule has 0 unspecified atom stereocenters. The summed E-state index contributed by atoms with van der Waals surface area (Å²) in [6.45, 7) is 1.90. The van der Waals surface area contributed by atoms with Gasteiger partial charge in [0.15, 0.2) is 0 Å². The lowest BCUT2D eigenvalue weighted by Crippen LogP contribution is -2.03. The molecule has 0 fully saturated rings. The number of hydrogen-bond acceptors (Lipinski definition) is 3. The van der Waals surface area contributed by atoms with Gasteiger partial charge in [-0.05, 0) is 6.92 Å². The van der Waals surface area contributed by atoms with Crippen molar-refractivity contribution in [1.82, 2.24) is 0 Å². The fourth-order valence-electron chi connectivity index (χ4n) is 0.176. The molecule has 4 heteroatoms. The minimum Gasteiger partial charge on any atom is -0.460 e. The summed E-state index contributed by atoms with van der Waals surface area (Å²) in [5.74, 6) is -0.803. The summed E-state index contributed by atoms with van der Waals surface area (Å²) in [6.07, 6.45) is 0.142. The summed E-state index contributed by atoms with van der Waals surface area (Å²) < 4.78 is 4.18. The Morgan fingerprint density at radius 2 is 2.25 bits per heavy atom. The van der Waals surface area contributed by atoms with Crippen molar-refractivity contribution in [3.8, 4) is 0 Å². The number of halogens is 1. The molecule has 0 radical (unpaired) electrons. The van der Waals surface area contributed by atoms with Crippen LogP contribution in [-0.2, 0) is 14.3 Å². The van der Waals surface area contributed by atoms with Crippen molar-refractivity contribution in [3.63, 3.8) is 0 Å². The predicted molar refractivity (Wildman–Crippen MR) is 29.9 cm³/mol. The van der Waals surface area contributed by atoms with E-state index >= 15 is 0 Å². The Bertz CT molecular complexity index is 81.4. The molecule has 8 heavy (non-hydrogen) atoms. The van der Waals surface area contributed by atoms with Gasteiger partial charge in [0, 0.05) is 0 Å². The Morgan fingerprint density at radius 3 is 2.38 bits per heavy atom. The van der Waals surface area contributed by atoms with Crippen LogP contribution in [0.1, 0.15) is 6.92 Å². The molecule has 0 rings (SSSR count). The van der Waals surface area contributed by atoms with Gasteiger partial charge >= 0.3 is 5.97 Å². The standard InChI is InChI=1S/C4H6O3.ClH/c1-2-7-4(6)3-5;/h3H,2H2,1H3;1H. The van der Waals surface area contributed by atoms with Gasteiger partial charge in [-0.25, -0.2) is 4.79 Å². The highest BCUT2D eigenvalue weighted by molar-refractivity contribution is 6.20. The first-order valence-corrected chi connectivity index (χ1v) is 1.93. The van der Waals surface area contributed by atoms with Crippen molar-refractivity contribution < 1.29 is 14.3 Å². The van der Waals surface area contributed by atoms with Gasteiger partial charge in [0.1, 0.15) is 0 Å². The largest absolute Gasteiger partial charge is 0.460 e. The van der Waals surface area contributed by atoms with Gasteiger partial charge in [0.05, 0.1) is 6.61 Å². The van der Waals surface area contributed by atoms with E-state index in [2.05, 4.69) is 4.74 Å². The van der Waals surface area contributed by atoms with Crippen LogP contribution < -0.4 is 0 Å². The molecule has 0 aromatic carbocycles. The molecular weight excluding hydrogens is 131 g/mol. The molecule has 0 amide bonds.